The Morgan fingerprint density at radius 2 is 1.73 bits per heavy atom. The number of hydrogen-bond acceptors (Lipinski definition) is 10. The van der Waals surface area contributed by atoms with Crippen LogP contribution in [0.5, 0.6) is 0 Å². The predicted octanol–water partition coefficient (Wildman–Crippen LogP) is 6.32. The van der Waals surface area contributed by atoms with Crippen molar-refractivity contribution < 1.29 is 19.1 Å². The predicted molar refractivity (Wildman–Crippen MR) is 173 cm³/mol. The number of piperidine rings is 1. The van der Waals surface area contributed by atoms with Crippen LogP contribution >= 0.6 is 0 Å². The summed E-state index contributed by atoms with van der Waals surface area (Å²) in [4.78, 5) is 43.4. The van der Waals surface area contributed by atoms with Crippen molar-refractivity contribution in [3.63, 3.8) is 0 Å². The summed E-state index contributed by atoms with van der Waals surface area (Å²) >= 11 is 0. The number of aromatic nitrogens is 3. The summed E-state index contributed by atoms with van der Waals surface area (Å²) in [5, 5.41) is 12.6. The maximum absolute atomic E-state index is 12.9. The first-order valence-electron chi connectivity index (χ1n) is 16.0. The number of ether oxygens (including phenoxy) is 2. The molecule has 1 aliphatic heterocycles. The van der Waals surface area contributed by atoms with Gasteiger partial charge in [0.25, 0.3) is 0 Å². The van der Waals surface area contributed by atoms with Crippen molar-refractivity contribution in [2.75, 3.05) is 37.0 Å². The van der Waals surface area contributed by atoms with Crippen molar-refractivity contribution in [3.8, 4) is 11.1 Å². The Morgan fingerprint density at radius 1 is 1.09 bits per heavy atom. The molecule has 0 spiro atoms. The van der Waals surface area contributed by atoms with Gasteiger partial charge in [-0.2, -0.15) is 0 Å². The van der Waals surface area contributed by atoms with Gasteiger partial charge >= 0.3 is 12.1 Å². The number of amides is 1. The second-order valence-electron chi connectivity index (χ2n) is 13.1. The average molecular weight is 608 g/mol. The Kier molecular flexibility index (Phi) is 10.8. The molecule has 11 nitrogen and oxygen atoms in total. The molecular weight excluding hydrogens is 558 g/mol. The lowest BCUT2D eigenvalue weighted by Crippen LogP contribution is -2.47. The Labute approximate surface area is 261 Å². The van der Waals surface area contributed by atoms with E-state index in [1.807, 2.05) is 41.7 Å². The number of rotatable bonds is 9. The highest BCUT2D eigenvalue weighted by molar-refractivity contribution is 6.10. The van der Waals surface area contributed by atoms with Gasteiger partial charge in [-0.15, -0.1) is 0 Å². The zero-order valence-corrected chi connectivity index (χ0v) is 27.4. The van der Waals surface area contributed by atoms with E-state index >= 15 is 0 Å². The van der Waals surface area contributed by atoms with Crippen molar-refractivity contribution in [1.82, 2.24) is 19.9 Å². The first-order chi connectivity index (χ1) is 20.9. The second kappa shape index (κ2) is 14.3. The molecule has 4 rings (SSSR count). The number of likely N-dealkylation sites (tertiary alicyclic amines) is 1. The van der Waals surface area contributed by atoms with Gasteiger partial charge in [-0.1, -0.05) is 33.1 Å². The molecule has 1 amide bonds. The fourth-order valence-corrected chi connectivity index (χ4v) is 5.76. The van der Waals surface area contributed by atoms with E-state index in [1.54, 1.807) is 30.3 Å². The lowest BCUT2D eigenvalue weighted by Gasteiger charge is -2.37. The molecule has 2 aromatic heterocycles. The van der Waals surface area contributed by atoms with Crippen molar-refractivity contribution in [2.24, 2.45) is 5.92 Å². The molecule has 1 saturated carbocycles. The first-order valence-corrected chi connectivity index (χ1v) is 16.0. The molecule has 11 heteroatoms. The van der Waals surface area contributed by atoms with E-state index in [4.69, 9.17) is 29.8 Å². The van der Waals surface area contributed by atoms with E-state index in [0.29, 0.717) is 47.3 Å². The van der Waals surface area contributed by atoms with Gasteiger partial charge in [0.2, 0.25) is 5.95 Å². The number of hydrogen-bond donors (Lipinski definition) is 2. The van der Waals surface area contributed by atoms with E-state index in [1.165, 1.54) is 6.42 Å². The number of carbonyl (C=O) groups excluding carboxylic acids is 2. The van der Waals surface area contributed by atoms with Gasteiger partial charge in [-0.3, -0.25) is 0 Å². The van der Waals surface area contributed by atoms with E-state index in [0.717, 1.165) is 38.5 Å². The van der Waals surface area contributed by atoms with Crippen LogP contribution in [0.25, 0.3) is 11.1 Å². The van der Waals surface area contributed by atoms with Gasteiger partial charge < -0.3 is 30.0 Å². The van der Waals surface area contributed by atoms with Crippen molar-refractivity contribution >= 4 is 29.5 Å². The summed E-state index contributed by atoms with van der Waals surface area (Å²) in [6, 6.07) is 2.10. The molecule has 1 saturated heterocycles. The second-order valence-corrected chi connectivity index (χ2v) is 13.1. The molecule has 240 valence electrons. The Hall–Kier alpha value is -3.76. The molecule has 0 aromatic carbocycles. The van der Waals surface area contributed by atoms with Crippen LogP contribution in [0, 0.1) is 11.3 Å². The molecule has 2 fully saturated rings. The van der Waals surface area contributed by atoms with Crippen molar-refractivity contribution in [1.29, 1.82) is 5.41 Å². The molecule has 44 heavy (non-hydrogen) atoms. The molecule has 3 heterocycles. The maximum atomic E-state index is 12.9. The van der Waals surface area contributed by atoms with Crippen LogP contribution in [0.2, 0.25) is 0 Å². The van der Waals surface area contributed by atoms with Gasteiger partial charge in [0, 0.05) is 61.5 Å². The monoisotopic (exact) mass is 607 g/mol. The average Bonchev–Trinajstić information content (AvgIpc) is 3.00. The first kappa shape index (κ1) is 33.1. The summed E-state index contributed by atoms with van der Waals surface area (Å²) in [5.41, 5.74) is 2.14. The van der Waals surface area contributed by atoms with Crippen LogP contribution in [0.4, 0.5) is 16.6 Å². The highest BCUT2D eigenvalue weighted by Gasteiger charge is 2.30. The quantitative estimate of drug-likeness (QED) is 0.248. The van der Waals surface area contributed by atoms with Crippen LogP contribution in [-0.4, -0.2) is 82.1 Å². The Bertz CT molecular complexity index is 1310. The van der Waals surface area contributed by atoms with Gasteiger partial charge in [-0.05, 0) is 70.9 Å². The maximum Gasteiger partial charge on any atom is 0.410 e. The van der Waals surface area contributed by atoms with E-state index in [-0.39, 0.29) is 36.4 Å². The fraction of sp³-hybridized carbons (Fsp3) is 0.636. The van der Waals surface area contributed by atoms with Crippen molar-refractivity contribution in [2.45, 2.75) is 104 Å². The summed E-state index contributed by atoms with van der Waals surface area (Å²) < 4.78 is 10.9. The third-order valence-electron chi connectivity index (χ3n) is 8.23. The number of anilines is 2. The lowest BCUT2D eigenvalue weighted by molar-refractivity contribution is 0.0205. The summed E-state index contributed by atoms with van der Waals surface area (Å²) in [6.07, 6.45) is 10.3. The van der Waals surface area contributed by atoms with Crippen LogP contribution in [0.3, 0.4) is 0 Å². The van der Waals surface area contributed by atoms with E-state index < -0.39 is 11.6 Å². The Morgan fingerprint density at radius 3 is 2.30 bits per heavy atom. The van der Waals surface area contributed by atoms with Crippen LogP contribution in [-0.2, 0) is 9.47 Å². The smallest absolute Gasteiger partial charge is 0.410 e. The SMILES string of the molecule is CCOC(=O)c1cc(-c2cnc(N(C)C3CCN(C(=O)OC(C)(C)C)CC3)nc2)c(C(=N)C(C)C)c(NC2CCCCC2)n1. The highest BCUT2D eigenvalue weighted by atomic mass is 16.6. The molecule has 2 N–H and O–H groups in total. The van der Waals surface area contributed by atoms with Crippen LogP contribution in [0.1, 0.15) is 103 Å². The molecule has 1 aliphatic carbocycles. The van der Waals surface area contributed by atoms with E-state index in [2.05, 4.69) is 10.2 Å². The number of carbonyl (C=O) groups is 2. The van der Waals surface area contributed by atoms with E-state index in [9.17, 15) is 9.59 Å². The minimum atomic E-state index is -0.521. The molecule has 2 aromatic rings. The van der Waals surface area contributed by atoms with Crippen LogP contribution < -0.4 is 10.2 Å². The third kappa shape index (κ3) is 8.24. The van der Waals surface area contributed by atoms with Crippen molar-refractivity contribution in [3.05, 3.63) is 29.7 Å². The lowest BCUT2D eigenvalue weighted by atomic mass is 9.91. The minimum absolute atomic E-state index is 0.0613. The Balaban J connectivity index is 1.61. The van der Waals surface area contributed by atoms with Gasteiger partial charge in [0.05, 0.1) is 6.61 Å². The summed E-state index contributed by atoms with van der Waals surface area (Å²) in [5.74, 6) is 0.547. The highest BCUT2D eigenvalue weighted by Crippen LogP contribution is 2.33. The largest absolute Gasteiger partial charge is 0.461 e. The number of nitrogens with one attached hydrogen (secondary N) is 2. The normalized spacial score (nSPS) is 16.5. The molecule has 0 unspecified atom stereocenters. The van der Waals surface area contributed by atoms with Gasteiger partial charge in [0.15, 0.2) is 5.69 Å². The third-order valence-corrected chi connectivity index (χ3v) is 8.23. The van der Waals surface area contributed by atoms with Gasteiger partial charge in [-0.25, -0.2) is 24.5 Å². The fourth-order valence-electron chi connectivity index (χ4n) is 5.76. The minimum Gasteiger partial charge on any atom is -0.461 e. The molecule has 0 radical (unpaired) electrons. The zero-order chi connectivity index (χ0) is 32.0. The van der Waals surface area contributed by atoms with Gasteiger partial charge in [0.1, 0.15) is 11.4 Å². The zero-order valence-electron chi connectivity index (χ0n) is 27.4. The number of nitrogens with zero attached hydrogens (tertiary/aromatic N) is 5. The molecule has 2 aliphatic rings. The summed E-state index contributed by atoms with van der Waals surface area (Å²) in [6.45, 7) is 12.8. The summed E-state index contributed by atoms with van der Waals surface area (Å²) in [7, 11) is 1.97. The molecule has 0 bridgehead atoms. The number of esters is 1. The van der Waals surface area contributed by atoms with Crippen LogP contribution in [0.15, 0.2) is 18.5 Å². The number of pyridine rings is 1. The topological polar surface area (TPSA) is 134 Å². The molecular formula is C33H49N7O4. The molecule has 0 atom stereocenters. The standard InChI is InChI=1S/C33H49N7O4/c1-8-43-30(41)26-18-25(27(28(34)21(2)3)29(38-26)37-23-12-10-9-11-13-23)22-19-35-31(36-20-22)39(7)24-14-16-40(17-15-24)32(42)44-33(4,5)6/h18-21,23-24,34H,8-17H2,1-7H3,(H,37,38).